The molecule has 2 aliphatic rings. The second-order valence-electron chi connectivity index (χ2n) is 4.53. The normalized spacial score (nSPS) is 11.8. The van der Waals surface area contributed by atoms with Crippen LogP contribution in [-0.2, 0) is 42.0 Å². The molecule has 0 aromatic carbocycles. The minimum atomic E-state index is -1.45. The molecule has 2 bridgehead atoms. The van der Waals surface area contributed by atoms with E-state index in [1.807, 2.05) is 0 Å². The number of carboxylic acid groups (broad SMARTS) is 4. The van der Waals surface area contributed by atoms with Gasteiger partial charge >= 0.3 is 118 Å². The summed E-state index contributed by atoms with van der Waals surface area (Å²) in [6, 6.07) is 0. The number of hydrogen-bond donors (Lipinski definition) is 8. The van der Waals surface area contributed by atoms with Gasteiger partial charge in [0.15, 0.2) is 0 Å². The Morgan fingerprint density at radius 2 is 0.706 bits per heavy atom. The maximum atomic E-state index is 9.00. The summed E-state index contributed by atoms with van der Waals surface area (Å²) in [6.45, 7) is 5.53. The fourth-order valence-corrected chi connectivity index (χ4v) is 0.728. The van der Waals surface area contributed by atoms with Gasteiger partial charge in [0.2, 0.25) is 0 Å². The molecule has 0 saturated carbocycles. The topological polar surface area (TPSA) is 288 Å². The first-order valence-electron chi connectivity index (χ1n) is 7.90. The molecule has 0 aromatic rings. The molecule has 0 spiro atoms. The van der Waals surface area contributed by atoms with E-state index < -0.39 is 53.2 Å². The number of rotatable bonds is 1. The van der Waals surface area contributed by atoms with Crippen molar-refractivity contribution in [1.82, 2.24) is 0 Å². The molecule has 2 fully saturated rings. The summed E-state index contributed by atoms with van der Waals surface area (Å²) in [5.74, 6) is -3.33. The monoisotopic (exact) mass is 530 g/mol. The summed E-state index contributed by atoms with van der Waals surface area (Å²) in [7, 11) is -5.20. The Morgan fingerprint density at radius 1 is 0.559 bits per heavy atom. The molecule has 2 saturated heterocycles. The summed E-state index contributed by atoms with van der Waals surface area (Å²) in [6.07, 6.45) is 0. The molecule has 17 nitrogen and oxygen atoms in total. The van der Waals surface area contributed by atoms with Crippen LogP contribution < -0.4 is 11.5 Å². The summed E-state index contributed by atoms with van der Waals surface area (Å²) < 4.78 is 22.6. The van der Waals surface area contributed by atoms with Crippen molar-refractivity contribution < 1.29 is 72.5 Å². The zero-order valence-corrected chi connectivity index (χ0v) is 17.2. The van der Waals surface area contributed by atoms with Gasteiger partial charge in [0.05, 0.1) is 0 Å². The van der Waals surface area contributed by atoms with Crippen LogP contribution in [0.3, 0.4) is 0 Å². The van der Waals surface area contributed by atoms with Crippen LogP contribution in [0.5, 0.6) is 0 Å². The molecule has 2 heterocycles. The quantitative estimate of drug-likeness (QED) is 0.147. The van der Waals surface area contributed by atoms with Gasteiger partial charge in [0, 0.05) is 40.8 Å². The number of fused-ring (bicyclic) bond motifs is 2. The zero-order valence-electron chi connectivity index (χ0n) is 17.2. The first kappa shape index (κ1) is 51.4. The van der Waals surface area contributed by atoms with Crippen LogP contribution in [0.4, 0.5) is 0 Å². The Kier molecular flexibility index (Phi) is 54.4. The van der Waals surface area contributed by atoms with Gasteiger partial charge in [0.1, 0.15) is 0 Å². The van der Waals surface area contributed by atoms with Gasteiger partial charge in [-0.1, -0.05) is 0 Å². The van der Waals surface area contributed by atoms with Crippen molar-refractivity contribution in [3.8, 4) is 0 Å². The van der Waals surface area contributed by atoms with E-state index in [2.05, 4.69) is 22.9 Å². The Labute approximate surface area is 264 Å². The predicted molar refractivity (Wildman–Crippen MR) is 126 cm³/mol. The summed E-state index contributed by atoms with van der Waals surface area (Å²) >= 11 is 0. The number of carbonyl (C=O) groups is 4. The fraction of sp³-hybridized carbons (Fsp3) is 0.600. The molecule has 34 heavy (non-hydrogen) atoms. The number of nitrogens with two attached hydrogens (primary N) is 2. The predicted octanol–water partition coefficient (Wildman–Crippen LogP) is -5.66. The Morgan fingerprint density at radius 3 is 0.824 bits per heavy atom. The van der Waals surface area contributed by atoms with Gasteiger partial charge in [-0.25, -0.2) is 0 Å². The van der Waals surface area contributed by atoms with E-state index in [-0.39, 0.29) is 88.7 Å². The third kappa shape index (κ3) is 69.8. The second-order valence-corrected chi connectivity index (χ2v) is 4.53. The molecule has 0 aromatic heterocycles. The van der Waals surface area contributed by atoms with Gasteiger partial charge in [-0.05, 0) is 0 Å². The van der Waals surface area contributed by atoms with Crippen molar-refractivity contribution in [2.24, 2.45) is 11.5 Å². The third-order valence-corrected chi connectivity index (χ3v) is 1.30. The second kappa shape index (κ2) is 35.9. The Hall–Kier alpha value is 0.780. The van der Waals surface area contributed by atoms with Crippen molar-refractivity contribution in [2.75, 3.05) is 13.1 Å². The van der Waals surface area contributed by atoms with Crippen molar-refractivity contribution >= 4 is 142 Å². The Balaban J connectivity index is -0.0000000552. The molecule has 0 atom stereocenters. The third-order valence-electron chi connectivity index (χ3n) is 1.30. The maximum absolute atomic E-state index is 9.00. The van der Waals surface area contributed by atoms with Gasteiger partial charge in [0.25, 0.3) is 23.9 Å². The van der Waals surface area contributed by atoms with E-state index in [9.17, 15) is 0 Å². The van der Waals surface area contributed by atoms with E-state index in [0.29, 0.717) is 13.1 Å². The standard InChI is InChI=1S/C2H8N2.4C2H4O2.B4H2O7.3Na.3H/c3-1-2-4;4*1-2(3)4;5-1-7-3-9-2(6)10-4(8-1)11-3;;;;;;/h1-4H2;4*1H3,(H,3,4);5-6H;;;;;;. The fourth-order valence-electron chi connectivity index (χ4n) is 0.728. The van der Waals surface area contributed by atoms with E-state index in [1.165, 1.54) is 0 Å². The molecule has 24 heteroatoms. The van der Waals surface area contributed by atoms with Crippen LogP contribution in [0.25, 0.3) is 0 Å². The average Bonchev–Trinajstić information content (AvgIpc) is 2.51. The minimum absolute atomic E-state index is 0. The van der Waals surface area contributed by atoms with Gasteiger partial charge in [-0.2, -0.15) is 0 Å². The van der Waals surface area contributed by atoms with E-state index in [1.54, 1.807) is 0 Å². The number of hydrogen-bond acceptors (Lipinski definition) is 13. The zero-order chi connectivity index (χ0) is 25.6. The number of aliphatic carboxylic acids is 4. The van der Waals surface area contributed by atoms with Crippen LogP contribution in [0.15, 0.2) is 0 Å². The molecule has 0 unspecified atom stereocenters. The molecule has 0 radical (unpaired) electrons. The van der Waals surface area contributed by atoms with E-state index in [4.69, 9.17) is 61.1 Å². The molecule has 184 valence electrons. The molecule has 0 amide bonds. The number of carboxylic acids is 4. The van der Waals surface area contributed by atoms with Gasteiger partial charge in [-0.3, -0.25) is 19.2 Å². The summed E-state index contributed by atoms with van der Waals surface area (Å²) in [4.78, 5) is 36.0. The van der Waals surface area contributed by atoms with Crippen LogP contribution >= 0.6 is 0 Å². The molecule has 10 N–H and O–H groups in total. The van der Waals surface area contributed by atoms with Crippen LogP contribution in [-0.4, -0.2) is 185 Å². The van der Waals surface area contributed by atoms with Crippen molar-refractivity contribution in [3.05, 3.63) is 0 Å². The molecular weight excluding hydrogens is 500 g/mol. The summed E-state index contributed by atoms with van der Waals surface area (Å²) in [5.41, 5.74) is 9.81. The first-order chi connectivity index (χ1) is 14.1. The average molecular weight is 530 g/mol. The molecule has 0 aliphatic carbocycles. The van der Waals surface area contributed by atoms with E-state index in [0.717, 1.165) is 27.7 Å². The van der Waals surface area contributed by atoms with Gasteiger partial charge in [-0.15, -0.1) is 0 Å². The van der Waals surface area contributed by atoms with Crippen LogP contribution in [0, 0.1) is 0 Å². The first-order valence-corrected chi connectivity index (χ1v) is 7.90. The molecular formula is C10H29B4N2Na3O15. The molecule has 2 rings (SSSR count). The Bertz CT molecular complexity index is 418. The SMILES string of the molecule is CC(=O)O.CC(=O)O.CC(=O)O.CC(=O)O.NCCN.OB1OB2OB(O)OB(O1)O2.[NaH].[NaH].[NaH]. The van der Waals surface area contributed by atoms with Crippen molar-refractivity contribution in [2.45, 2.75) is 27.7 Å². The van der Waals surface area contributed by atoms with Crippen LogP contribution in [0.1, 0.15) is 27.7 Å². The molecule has 2 aliphatic heterocycles. The van der Waals surface area contributed by atoms with E-state index >= 15 is 0 Å². The van der Waals surface area contributed by atoms with Crippen LogP contribution in [0.2, 0.25) is 0 Å². The van der Waals surface area contributed by atoms with Gasteiger partial charge < -0.3 is 64.8 Å². The van der Waals surface area contributed by atoms with Crippen molar-refractivity contribution in [1.29, 1.82) is 0 Å². The summed E-state index contributed by atoms with van der Waals surface area (Å²) in [5, 5.41) is 47.1. The van der Waals surface area contributed by atoms with Crippen molar-refractivity contribution in [3.63, 3.8) is 0 Å².